The molecule has 0 spiro atoms. The van der Waals surface area contributed by atoms with Crippen LogP contribution in [0.25, 0.3) is 0 Å². The summed E-state index contributed by atoms with van der Waals surface area (Å²) in [6, 6.07) is 11.0. The molecule has 1 amide bonds. The maximum absolute atomic E-state index is 12.3. The number of methoxy groups -OCH3 is 1. The third-order valence-corrected chi connectivity index (χ3v) is 6.16. The van der Waals surface area contributed by atoms with Crippen molar-refractivity contribution in [2.24, 2.45) is 0 Å². The molecule has 0 bridgehead atoms. The van der Waals surface area contributed by atoms with Gasteiger partial charge in [-0.3, -0.25) is 4.79 Å². The van der Waals surface area contributed by atoms with E-state index in [1.165, 1.54) is 11.8 Å². The Bertz CT molecular complexity index is 1030. The smallest absolute Gasteiger partial charge is 0.234 e. The molecule has 1 aromatic heterocycles. The number of thioether (sulfide) groups is 1. The number of carbonyl (C=O) groups excluding carboxylic acids is 1. The normalized spacial score (nSPS) is 10.7. The lowest BCUT2D eigenvalue weighted by molar-refractivity contribution is -0.113. The maximum atomic E-state index is 12.3. The number of nitrogens with one attached hydrogen (secondary N) is 1. The highest BCUT2D eigenvalue weighted by Gasteiger charge is 2.14. The molecule has 0 atom stereocenters. The first-order valence-electron chi connectivity index (χ1n) is 9.79. The van der Waals surface area contributed by atoms with Gasteiger partial charge in [-0.1, -0.05) is 23.4 Å². The molecular formula is C22H25ClN4O3S. The van der Waals surface area contributed by atoms with Gasteiger partial charge in [0.05, 0.1) is 12.9 Å². The Kier molecular flexibility index (Phi) is 7.81. The van der Waals surface area contributed by atoms with Gasteiger partial charge in [0.2, 0.25) is 5.91 Å². The highest BCUT2D eigenvalue weighted by molar-refractivity contribution is 7.99. The number of rotatable bonds is 9. The van der Waals surface area contributed by atoms with Crippen molar-refractivity contribution in [3.05, 3.63) is 58.4 Å². The topological polar surface area (TPSA) is 78.3 Å². The number of carbonyl (C=O) groups is 1. The summed E-state index contributed by atoms with van der Waals surface area (Å²) in [7, 11) is 1.60. The van der Waals surface area contributed by atoms with Crippen molar-refractivity contribution in [1.82, 2.24) is 14.8 Å². The Balaban J connectivity index is 1.58. The third-order valence-electron chi connectivity index (χ3n) is 4.59. The molecule has 3 aromatic rings. The summed E-state index contributed by atoms with van der Waals surface area (Å²) >= 11 is 7.56. The van der Waals surface area contributed by atoms with E-state index >= 15 is 0 Å². The van der Waals surface area contributed by atoms with Crippen molar-refractivity contribution in [1.29, 1.82) is 0 Å². The number of hydrogen-bond acceptors (Lipinski definition) is 6. The molecule has 2 aromatic carbocycles. The van der Waals surface area contributed by atoms with Crippen LogP contribution in [0.5, 0.6) is 11.5 Å². The first-order chi connectivity index (χ1) is 14.9. The monoisotopic (exact) mass is 460 g/mol. The average molecular weight is 461 g/mol. The number of nitrogens with zero attached hydrogens (tertiary/aromatic N) is 3. The van der Waals surface area contributed by atoms with Crippen LogP contribution in [0.15, 0.2) is 41.6 Å². The molecule has 7 nitrogen and oxygen atoms in total. The van der Waals surface area contributed by atoms with Crippen molar-refractivity contribution >= 4 is 35.0 Å². The summed E-state index contributed by atoms with van der Waals surface area (Å²) in [4.78, 5) is 12.3. The molecule has 1 heterocycles. The first-order valence-corrected chi connectivity index (χ1v) is 11.2. The van der Waals surface area contributed by atoms with Crippen LogP contribution in [0.4, 0.5) is 5.69 Å². The number of amides is 1. The molecule has 0 saturated heterocycles. The van der Waals surface area contributed by atoms with E-state index in [0.717, 1.165) is 27.6 Å². The lowest BCUT2D eigenvalue weighted by Gasteiger charge is -2.11. The molecular weight excluding hydrogens is 436 g/mol. The van der Waals surface area contributed by atoms with Crippen LogP contribution >= 0.6 is 23.4 Å². The zero-order valence-electron chi connectivity index (χ0n) is 17.9. The molecule has 0 unspecified atom stereocenters. The van der Waals surface area contributed by atoms with Crippen LogP contribution in [-0.4, -0.2) is 33.5 Å². The Hall–Kier alpha value is -2.71. The van der Waals surface area contributed by atoms with E-state index in [1.54, 1.807) is 31.4 Å². The van der Waals surface area contributed by atoms with Gasteiger partial charge < -0.3 is 19.4 Å². The van der Waals surface area contributed by atoms with E-state index in [9.17, 15) is 4.79 Å². The molecule has 0 fully saturated rings. The lowest BCUT2D eigenvalue weighted by atomic mass is 10.1. The highest BCUT2D eigenvalue weighted by Crippen LogP contribution is 2.26. The van der Waals surface area contributed by atoms with Gasteiger partial charge in [-0.15, -0.1) is 10.2 Å². The number of hydrogen-bond donors (Lipinski definition) is 1. The minimum Gasteiger partial charge on any atom is -0.497 e. The molecule has 1 N–H and O–H groups in total. The molecule has 0 aliphatic heterocycles. The van der Waals surface area contributed by atoms with E-state index in [0.29, 0.717) is 23.2 Å². The molecule has 0 radical (unpaired) electrons. The standard InChI is InChI=1S/C22H25ClN4O3S/c1-5-27-19(12-30-18-10-14(2)21(23)15(3)11-18)25-26-22(27)31-13-20(28)24-16-6-8-17(29-4)9-7-16/h6-11H,5,12-13H2,1-4H3,(H,24,28). The summed E-state index contributed by atoms with van der Waals surface area (Å²) in [5, 5.41) is 12.8. The van der Waals surface area contributed by atoms with Crippen LogP contribution in [-0.2, 0) is 17.9 Å². The third kappa shape index (κ3) is 5.92. The van der Waals surface area contributed by atoms with Gasteiger partial charge >= 0.3 is 0 Å². The van der Waals surface area contributed by atoms with E-state index in [2.05, 4.69) is 15.5 Å². The van der Waals surface area contributed by atoms with Crippen molar-refractivity contribution in [3.8, 4) is 11.5 Å². The van der Waals surface area contributed by atoms with Crippen LogP contribution in [0.1, 0.15) is 23.9 Å². The quantitative estimate of drug-likeness (QED) is 0.458. The van der Waals surface area contributed by atoms with E-state index in [-0.39, 0.29) is 18.3 Å². The van der Waals surface area contributed by atoms with Crippen LogP contribution < -0.4 is 14.8 Å². The number of anilines is 1. The number of aromatic nitrogens is 3. The Labute approximate surface area is 191 Å². The van der Waals surface area contributed by atoms with Crippen molar-refractivity contribution in [2.45, 2.75) is 39.1 Å². The fourth-order valence-electron chi connectivity index (χ4n) is 2.99. The summed E-state index contributed by atoms with van der Waals surface area (Å²) < 4.78 is 13.0. The lowest BCUT2D eigenvalue weighted by Crippen LogP contribution is -2.15. The van der Waals surface area contributed by atoms with Gasteiger partial charge in [0, 0.05) is 17.3 Å². The molecule has 3 rings (SSSR count). The molecule has 0 saturated carbocycles. The summed E-state index contributed by atoms with van der Waals surface area (Å²) in [6.07, 6.45) is 0. The number of ether oxygens (including phenoxy) is 2. The van der Waals surface area contributed by atoms with Crippen molar-refractivity contribution < 1.29 is 14.3 Å². The van der Waals surface area contributed by atoms with E-state index < -0.39 is 0 Å². The number of aryl methyl sites for hydroxylation is 2. The van der Waals surface area contributed by atoms with Gasteiger partial charge in [0.25, 0.3) is 0 Å². The second-order valence-electron chi connectivity index (χ2n) is 6.87. The van der Waals surface area contributed by atoms with Crippen LogP contribution in [0.2, 0.25) is 5.02 Å². The minimum atomic E-state index is -0.120. The minimum absolute atomic E-state index is 0.120. The first kappa shape index (κ1) is 23.0. The second kappa shape index (κ2) is 10.5. The molecule has 31 heavy (non-hydrogen) atoms. The summed E-state index contributed by atoms with van der Waals surface area (Å²) in [6.45, 7) is 6.85. The Morgan fingerprint density at radius 1 is 1.13 bits per heavy atom. The fraction of sp³-hybridized carbons (Fsp3) is 0.318. The van der Waals surface area contributed by atoms with E-state index in [4.69, 9.17) is 21.1 Å². The zero-order chi connectivity index (χ0) is 22.4. The van der Waals surface area contributed by atoms with Crippen molar-refractivity contribution in [3.63, 3.8) is 0 Å². The number of halogens is 1. The SMILES string of the molecule is CCn1c(COc2cc(C)c(Cl)c(C)c2)nnc1SCC(=O)Nc1ccc(OC)cc1. The summed E-state index contributed by atoms with van der Waals surface area (Å²) in [5.74, 6) is 2.28. The average Bonchev–Trinajstić information content (AvgIpc) is 3.16. The largest absolute Gasteiger partial charge is 0.497 e. The molecule has 0 aliphatic rings. The van der Waals surface area contributed by atoms with Gasteiger partial charge in [-0.05, 0) is 68.3 Å². The Morgan fingerprint density at radius 2 is 1.81 bits per heavy atom. The molecule has 0 aliphatic carbocycles. The number of benzene rings is 2. The molecule has 9 heteroatoms. The zero-order valence-corrected chi connectivity index (χ0v) is 19.5. The Morgan fingerprint density at radius 3 is 2.42 bits per heavy atom. The van der Waals surface area contributed by atoms with Gasteiger partial charge in [-0.25, -0.2) is 0 Å². The van der Waals surface area contributed by atoms with Crippen LogP contribution in [0, 0.1) is 13.8 Å². The predicted molar refractivity (Wildman–Crippen MR) is 123 cm³/mol. The highest BCUT2D eigenvalue weighted by atomic mass is 35.5. The van der Waals surface area contributed by atoms with Crippen molar-refractivity contribution in [2.75, 3.05) is 18.2 Å². The second-order valence-corrected chi connectivity index (χ2v) is 8.19. The van der Waals surface area contributed by atoms with Gasteiger partial charge in [-0.2, -0.15) is 0 Å². The van der Waals surface area contributed by atoms with Crippen LogP contribution in [0.3, 0.4) is 0 Å². The van der Waals surface area contributed by atoms with Gasteiger partial charge in [0.15, 0.2) is 11.0 Å². The molecule has 164 valence electrons. The fourth-order valence-corrected chi connectivity index (χ4v) is 3.92. The predicted octanol–water partition coefficient (Wildman–Crippen LogP) is 4.89. The summed E-state index contributed by atoms with van der Waals surface area (Å²) in [5.41, 5.74) is 2.64. The van der Waals surface area contributed by atoms with Gasteiger partial charge in [0.1, 0.15) is 18.1 Å². The van der Waals surface area contributed by atoms with E-state index in [1.807, 2.05) is 37.5 Å². The maximum Gasteiger partial charge on any atom is 0.234 e.